The molecule has 1 aliphatic rings. The smallest absolute Gasteiger partial charge is 0.384 e. The van der Waals surface area contributed by atoms with E-state index in [1.54, 1.807) is 26.1 Å². The molecule has 0 aliphatic heterocycles. The van der Waals surface area contributed by atoms with Gasteiger partial charge in [-0.1, -0.05) is 6.07 Å². The lowest BCUT2D eigenvalue weighted by atomic mass is 9.86. The maximum atomic E-state index is 12.8. The minimum absolute atomic E-state index is 0.366. The Morgan fingerprint density at radius 1 is 1.21 bits per heavy atom. The molecule has 1 aliphatic carbocycles. The van der Waals surface area contributed by atoms with Crippen LogP contribution in [0.5, 0.6) is 0 Å². The fraction of sp³-hybridized carbons (Fsp3) is 0.706. The number of anilines is 1. The van der Waals surface area contributed by atoms with Crippen molar-refractivity contribution in [3.05, 3.63) is 23.4 Å². The summed E-state index contributed by atoms with van der Waals surface area (Å²) in [4.78, 5) is 5.41. The van der Waals surface area contributed by atoms with Crippen LogP contribution in [0.25, 0.3) is 0 Å². The highest BCUT2D eigenvalue weighted by atomic mass is 19.4. The predicted molar refractivity (Wildman–Crippen MR) is 88.0 cm³/mol. The zero-order valence-electron chi connectivity index (χ0n) is 14.5. The lowest BCUT2D eigenvalue weighted by Gasteiger charge is -2.29. The third kappa shape index (κ3) is 5.08. The van der Waals surface area contributed by atoms with Gasteiger partial charge in [-0.15, -0.1) is 0 Å². The molecule has 0 unspecified atom stereocenters. The Kier molecular flexibility index (Phi) is 6.46. The van der Waals surface area contributed by atoms with Crippen molar-refractivity contribution in [2.24, 2.45) is 5.92 Å². The minimum Gasteiger partial charge on any atom is -0.384 e. The highest BCUT2D eigenvalue weighted by Gasteiger charge is 2.33. The van der Waals surface area contributed by atoms with Crippen LogP contribution in [0, 0.1) is 5.92 Å². The maximum Gasteiger partial charge on any atom is 0.433 e. The van der Waals surface area contributed by atoms with E-state index in [1.165, 1.54) is 6.07 Å². The summed E-state index contributed by atoms with van der Waals surface area (Å²) in [5.41, 5.74) is -0.0676. The number of aromatic nitrogens is 1. The Hall–Kier alpha value is -1.34. The molecule has 0 spiro atoms. The summed E-state index contributed by atoms with van der Waals surface area (Å²) in [6.45, 7) is 1.33. The first-order chi connectivity index (χ1) is 11.3. The van der Waals surface area contributed by atoms with Gasteiger partial charge in [-0.2, -0.15) is 13.2 Å². The second kappa shape index (κ2) is 8.16. The number of hydrogen-bond acceptors (Lipinski definition) is 4. The molecule has 0 amide bonds. The molecule has 1 saturated carbocycles. The molecule has 0 atom stereocenters. The SMILES string of the molecule is COCC1CCC(NCc2ccc(C(F)(F)F)nc2N(C)C)CC1. The van der Waals surface area contributed by atoms with E-state index in [4.69, 9.17) is 4.74 Å². The van der Waals surface area contributed by atoms with Gasteiger partial charge in [0.05, 0.1) is 0 Å². The predicted octanol–water partition coefficient (Wildman–Crippen LogP) is 3.46. The van der Waals surface area contributed by atoms with Gasteiger partial charge in [-0.25, -0.2) is 4.98 Å². The van der Waals surface area contributed by atoms with E-state index in [9.17, 15) is 13.2 Å². The summed E-state index contributed by atoms with van der Waals surface area (Å²) >= 11 is 0. The molecule has 24 heavy (non-hydrogen) atoms. The first kappa shape index (κ1) is 19.0. The number of hydrogen-bond donors (Lipinski definition) is 1. The molecule has 0 aromatic carbocycles. The molecular weight excluding hydrogens is 319 g/mol. The van der Waals surface area contributed by atoms with E-state index in [2.05, 4.69) is 10.3 Å². The molecule has 0 saturated heterocycles. The van der Waals surface area contributed by atoms with Crippen molar-refractivity contribution in [2.75, 3.05) is 32.7 Å². The highest BCUT2D eigenvalue weighted by Crippen LogP contribution is 2.30. The van der Waals surface area contributed by atoms with Crippen molar-refractivity contribution in [1.82, 2.24) is 10.3 Å². The number of methoxy groups -OCH3 is 1. The quantitative estimate of drug-likeness (QED) is 0.857. The lowest BCUT2D eigenvalue weighted by Crippen LogP contribution is -2.34. The molecule has 4 nitrogen and oxygen atoms in total. The second-order valence-electron chi connectivity index (χ2n) is 6.63. The van der Waals surface area contributed by atoms with Gasteiger partial charge in [-0.05, 0) is 37.7 Å². The van der Waals surface area contributed by atoms with Crippen molar-refractivity contribution < 1.29 is 17.9 Å². The molecule has 1 heterocycles. The standard InChI is InChI=1S/C17H26F3N3O/c1-23(2)16-13(6-9-15(22-16)17(18,19)20)10-21-14-7-4-12(5-8-14)11-24-3/h6,9,12,14,21H,4-5,7-8,10-11H2,1-3H3. The average Bonchev–Trinajstić information content (AvgIpc) is 2.53. The van der Waals surface area contributed by atoms with Crippen molar-refractivity contribution in [3.63, 3.8) is 0 Å². The molecule has 1 fully saturated rings. The third-order valence-electron chi connectivity index (χ3n) is 4.50. The third-order valence-corrected chi connectivity index (χ3v) is 4.50. The van der Waals surface area contributed by atoms with Gasteiger partial charge in [-0.3, -0.25) is 0 Å². The van der Waals surface area contributed by atoms with E-state index in [1.807, 2.05) is 0 Å². The normalized spacial score (nSPS) is 21.8. The number of pyridine rings is 1. The first-order valence-corrected chi connectivity index (χ1v) is 8.28. The summed E-state index contributed by atoms with van der Waals surface area (Å²) < 4.78 is 43.7. The second-order valence-corrected chi connectivity index (χ2v) is 6.63. The van der Waals surface area contributed by atoms with Crippen LogP contribution in [0.3, 0.4) is 0 Å². The summed E-state index contributed by atoms with van der Waals surface area (Å²) in [7, 11) is 5.15. The van der Waals surface area contributed by atoms with Gasteiger partial charge in [0.1, 0.15) is 11.5 Å². The molecule has 136 valence electrons. The Bertz CT molecular complexity index is 526. The molecule has 0 radical (unpaired) electrons. The van der Waals surface area contributed by atoms with E-state index < -0.39 is 11.9 Å². The molecule has 7 heteroatoms. The Morgan fingerprint density at radius 3 is 2.42 bits per heavy atom. The topological polar surface area (TPSA) is 37.4 Å². The number of alkyl halides is 3. The fourth-order valence-corrected chi connectivity index (χ4v) is 3.18. The zero-order valence-corrected chi connectivity index (χ0v) is 14.5. The van der Waals surface area contributed by atoms with Gasteiger partial charge in [0.2, 0.25) is 0 Å². The number of nitrogens with one attached hydrogen (secondary N) is 1. The summed E-state index contributed by atoms with van der Waals surface area (Å²) in [6, 6.07) is 2.98. The summed E-state index contributed by atoms with van der Waals surface area (Å²) in [5, 5.41) is 3.47. The van der Waals surface area contributed by atoms with Crippen molar-refractivity contribution in [2.45, 2.75) is 44.4 Å². The number of nitrogens with zero attached hydrogens (tertiary/aromatic N) is 2. The van der Waals surface area contributed by atoms with Crippen LogP contribution in [0.1, 0.15) is 36.9 Å². The van der Waals surface area contributed by atoms with Gasteiger partial charge >= 0.3 is 6.18 Å². The summed E-state index contributed by atoms with van der Waals surface area (Å²) in [5.74, 6) is 0.989. The lowest BCUT2D eigenvalue weighted by molar-refractivity contribution is -0.141. The zero-order chi connectivity index (χ0) is 17.7. The molecule has 1 aromatic rings. The number of halogens is 3. The number of ether oxygens (including phenoxy) is 1. The van der Waals surface area contributed by atoms with Gasteiger partial charge < -0.3 is 15.0 Å². The van der Waals surface area contributed by atoms with Crippen molar-refractivity contribution in [1.29, 1.82) is 0 Å². The van der Waals surface area contributed by atoms with E-state index >= 15 is 0 Å². The minimum atomic E-state index is -4.42. The molecular formula is C17H26F3N3O. The Morgan fingerprint density at radius 2 is 1.88 bits per heavy atom. The summed E-state index contributed by atoms with van der Waals surface area (Å²) in [6.07, 6.45) is -0.0379. The van der Waals surface area contributed by atoms with E-state index in [0.717, 1.165) is 43.9 Å². The Balaban J connectivity index is 1.97. The van der Waals surface area contributed by atoms with Crippen LogP contribution in [-0.4, -0.2) is 38.8 Å². The van der Waals surface area contributed by atoms with Crippen LogP contribution >= 0.6 is 0 Å². The molecule has 0 bridgehead atoms. The average molecular weight is 345 g/mol. The fourth-order valence-electron chi connectivity index (χ4n) is 3.18. The largest absolute Gasteiger partial charge is 0.433 e. The molecule has 1 N–H and O–H groups in total. The van der Waals surface area contributed by atoms with Crippen LogP contribution < -0.4 is 10.2 Å². The van der Waals surface area contributed by atoms with E-state index in [0.29, 0.717) is 24.3 Å². The first-order valence-electron chi connectivity index (χ1n) is 8.28. The van der Waals surface area contributed by atoms with Crippen LogP contribution in [-0.2, 0) is 17.5 Å². The number of rotatable bonds is 6. The molecule has 2 rings (SSSR count). The van der Waals surface area contributed by atoms with Crippen molar-refractivity contribution >= 4 is 5.82 Å². The highest BCUT2D eigenvalue weighted by molar-refractivity contribution is 5.46. The van der Waals surface area contributed by atoms with Crippen LogP contribution in [0.2, 0.25) is 0 Å². The van der Waals surface area contributed by atoms with Gasteiger partial charge in [0.15, 0.2) is 0 Å². The van der Waals surface area contributed by atoms with E-state index in [-0.39, 0.29) is 0 Å². The molecule has 1 aromatic heterocycles. The van der Waals surface area contributed by atoms with Crippen LogP contribution in [0.4, 0.5) is 19.0 Å². The van der Waals surface area contributed by atoms with Crippen LogP contribution in [0.15, 0.2) is 12.1 Å². The maximum absolute atomic E-state index is 12.8. The van der Waals surface area contributed by atoms with Gasteiger partial charge in [0.25, 0.3) is 0 Å². The van der Waals surface area contributed by atoms with Crippen molar-refractivity contribution in [3.8, 4) is 0 Å². The van der Waals surface area contributed by atoms with Gasteiger partial charge in [0, 0.05) is 46.0 Å². The Labute approximate surface area is 141 Å². The monoisotopic (exact) mass is 345 g/mol.